The summed E-state index contributed by atoms with van der Waals surface area (Å²) < 4.78 is 9.67. The highest BCUT2D eigenvalue weighted by Gasteiger charge is 2.15. The van der Waals surface area contributed by atoms with E-state index in [2.05, 4.69) is 10.1 Å². The van der Waals surface area contributed by atoms with Crippen molar-refractivity contribution in [3.05, 3.63) is 63.7 Å². The summed E-state index contributed by atoms with van der Waals surface area (Å²) in [5.41, 5.74) is 0.591. The number of nitro benzene ring substituents is 1. The van der Waals surface area contributed by atoms with Crippen molar-refractivity contribution in [1.29, 1.82) is 0 Å². The Bertz CT molecular complexity index is 803. The molecule has 0 heterocycles. The Hall–Kier alpha value is -3.42. The molecule has 124 valence electrons. The Morgan fingerprint density at radius 3 is 2.42 bits per heavy atom. The topological polar surface area (TPSA) is 108 Å². The highest BCUT2D eigenvalue weighted by Crippen LogP contribution is 2.29. The number of esters is 1. The third kappa shape index (κ3) is 3.67. The summed E-state index contributed by atoms with van der Waals surface area (Å²) in [4.78, 5) is 34.0. The van der Waals surface area contributed by atoms with Crippen molar-refractivity contribution in [1.82, 2.24) is 0 Å². The van der Waals surface area contributed by atoms with Crippen molar-refractivity contribution in [2.45, 2.75) is 0 Å². The molecule has 0 aliphatic heterocycles. The quantitative estimate of drug-likeness (QED) is 0.513. The summed E-state index contributed by atoms with van der Waals surface area (Å²) >= 11 is 0. The first-order valence-electron chi connectivity index (χ1n) is 6.78. The average molecular weight is 330 g/mol. The van der Waals surface area contributed by atoms with Gasteiger partial charge in [0.1, 0.15) is 5.75 Å². The minimum Gasteiger partial charge on any atom is -0.494 e. The lowest BCUT2D eigenvalue weighted by molar-refractivity contribution is -0.384. The lowest BCUT2D eigenvalue weighted by Crippen LogP contribution is -2.14. The third-order valence-corrected chi connectivity index (χ3v) is 3.19. The van der Waals surface area contributed by atoms with Crippen LogP contribution in [0.25, 0.3) is 0 Å². The van der Waals surface area contributed by atoms with E-state index in [-0.39, 0.29) is 28.3 Å². The smallest absolute Gasteiger partial charge is 0.337 e. The van der Waals surface area contributed by atoms with Crippen LogP contribution < -0.4 is 10.1 Å². The van der Waals surface area contributed by atoms with Crippen LogP contribution in [0.1, 0.15) is 20.7 Å². The number of anilines is 1. The molecule has 0 aliphatic carbocycles. The van der Waals surface area contributed by atoms with Gasteiger partial charge in [-0.05, 0) is 24.3 Å². The number of methoxy groups -OCH3 is 2. The number of amides is 1. The fraction of sp³-hybridized carbons (Fsp3) is 0.125. The van der Waals surface area contributed by atoms with E-state index < -0.39 is 16.8 Å². The number of carbonyl (C=O) groups excluding carboxylic acids is 2. The molecule has 2 rings (SSSR count). The number of nitro groups is 1. The van der Waals surface area contributed by atoms with Crippen LogP contribution in [0.5, 0.6) is 5.75 Å². The van der Waals surface area contributed by atoms with Crippen LogP contribution in [-0.2, 0) is 4.74 Å². The zero-order chi connectivity index (χ0) is 17.7. The molecular weight excluding hydrogens is 316 g/mol. The Balaban J connectivity index is 2.27. The molecule has 0 radical (unpaired) electrons. The van der Waals surface area contributed by atoms with E-state index in [1.807, 2.05) is 0 Å². The molecular formula is C16H14N2O6. The second-order valence-electron chi connectivity index (χ2n) is 4.67. The average Bonchev–Trinajstić information content (AvgIpc) is 2.61. The van der Waals surface area contributed by atoms with Crippen molar-refractivity contribution in [2.75, 3.05) is 19.5 Å². The normalized spacial score (nSPS) is 9.92. The maximum Gasteiger partial charge on any atom is 0.337 e. The van der Waals surface area contributed by atoms with E-state index in [9.17, 15) is 19.7 Å². The van der Waals surface area contributed by atoms with Gasteiger partial charge in [0.15, 0.2) is 0 Å². The van der Waals surface area contributed by atoms with Gasteiger partial charge in [0, 0.05) is 11.6 Å². The summed E-state index contributed by atoms with van der Waals surface area (Å²) in [5.74, 6) is -0.896. The molecule has 24 heavy (non-hydrogen) atoms. The molecule has 0 saturated heterocycles. The van der Waals surface area contributed by atoms with Crippen LogP contribution in [-0.4, -0.2) is 31.0 Å². The second kappa shape index (κ2) is 7.23. The molecule has 8 nitrogen and oxygen atoms in total. The van der Waals surface area contributed by atoms with Gasteiger partial charge in [-0.2, -0.15) is 0 Å². The van der Waals surface area contributed by atoms with Gasteiger partial charge < -0.3 is 14.8 Å². The van der Waals surface area contributed by atoms with E-state index in [0.29, 0.717) is 0 Å². The monoisotopic (exact) mass is 330 g/mol. The van der Waals surface area contributed by atoms with Gasteiger partial charge in [0.2, 0.25) is 0 Å². The maximum absolute atomic E-state index is 12.3. The van der Waals surface area contributed by atoms with E-state index >= 15 is 0 Å². The van der Waals surface area contributed by atoms with Gasteiger partial charge in [0.25, 0.3) is 11.6 Å². The number of hydrogen-bond acceptors (Lipinski definition) is 6. The van der Waals surface area contributed by atoms with Gasteiger partial charge in [-0.15, -0.1) is 0 Å². The third-order valence-electron chi connectivity index (χ3n) is 3.19. The fourth-order valence-electron chi connectivity index (χ4n) is 2.00. The minimum absolute atomic E-state index is 0.154. The molecule has 0 atom stereocenters. The largest absolute Gasteiger partial charge is 0.494 e. The van der Waals surface area contributed by atoms with Gasteiger partial charge in [-0.1, -0.05) is 6.07 Å². The van der Waals surface area contributed by atoms with Gasteiger partial charge >= 0.3 is 5.97 Å². The molecule has 1 amide bonds. The number of nitrogens with zero attached hydrogens (tertiary/aromatic N) is 1. The number of non-ortho nitro benzene ring substituents is 1. The second-order valence-corrected chi connectivity index (χ2v) is 4.67. The van der Waals surface area contributed by atoms with Crippen molar-refractivity contribution in [3.63, 3.8) is 0 Å². The van der Waals surface area contributed by atoms with Crippen molar-refractivity contribution in [3.8, 4) is 5.75 Å². The molecule has 8 heteroatoms. The molecule has 0 spiro atoms. The van der Waals surface area contributed by atoms with E-state index in [0.717, 1.165) is 0 Å². The number of ether oxygens (including phenoxy) is 2. The van der Waals surface area contributed by atoms with Crippen molar-refractivity contribution < 1.29 is 24.0 Å². The van der Waals surface area contributed by atoms with Gasteiger partial charge in [-0.3, -0.25) is 14.9 Å². The Morgan fingerprint density at radius 2 is 1.79 bits per heavy atom. The van der Waals surface area contributed by atoms with Gasteiger partial charge in [0.05, 0.1) is 36.5 Å². The summed E-state index contributed by atoms with van der Waals surface area (Å²) in [6, 6.07) is 9.82. The molecule has 0 unspecified atom stereocenters. The predicted molar refractivity (Wildman–Crippen MR) is 85.4 cm³/mol. The zero-order valence-corrected chi connectivity index (χ0v) is 12.9. The molecule has 2 aromatic rings. The number of nitrogens with one attached hydrogen (secondary N) is 1. The Morgan fingerprint density at radius 1 is 1.08 bits per heavy atom. The summed E-state index contributed by atoms with van der Waals surface area (Å²) in [5, 5.41) is 13.4. The maximum atomic E-state index is 12.3. The van der Waals surface area contributed by atoms with Crippen LogP contribution in [0.4, 0.5) is 11.4 Å². The first-order chi connectivity index (χ1) is 11.5. The van der Waals surface area contributed by atoms with E-state index in [4.69, 9.17) is 4.74 Å². The number of rotatable bonds is 5. The summed E-state index contributed by atoms with van der Waals surface area (Å²) in [7, 11) is 2.59. The van der Waals surface area contributed by atoms with E-state index in [1.54, 1.807) is 6.07 Å². The number of benzene rings is 2. The van der Waals surface area contributed by atoms with Crippen LogP contribution in [0.3, 0.4) is 0 Å². The lowest BCUT2D eigenvalue weighted by atomic mass is 10.1. The molecule has 1 N–H and O–H groups in total. The van der Waals surface area contributed by atoms with Crippen LogP contribution in [0.2, 0.25) is 0 Å². The Kier molecular flexibility index (Phi) is 5.10. The first-order valence-corrected chi connectivity index (χ1v) is 6.78. The van der Waals surface area contributed by atoms with Gasteiger partial charge in [-0.25, -0.2) is 4.79 Å². The van der Waals surface area contributed by atoms with Crippen molar-refractivity contribution >= 4 is 23.3 Å². The minimum atomic E-state index is -0.562. The van der Waals surface area contributed by atoms with Crippen LogP contribution >= 0.6 is 0 Å². The molecule has 0 saturated carbocycles. The summed E-state index contributed by atoms with van der Waals surface area (Å²) in [6.45, 7) is 0. The molecule has 0 aliphatic rings. The highest BCUT2D eigenvalue weighted by molar-refractivity contribution is 6.06. The molecule has 0 aromatic heterocycles. The molecule has 0 bridgehead atoms. The fourth-order valence-corrected chi connectivity index (χ4v) is 2.00. The van der Waals surface area contributed by atoms with E-state index in [1.165, 1.54) is 50.6 Å². The lowest BCUT2D eigenvalue weighted by Gasteiger charge is -2.10. The molecule has 2 aromatic carbocycles. The standard InChI is InChI=1S/C16H14N2O6/c1-23-14-9-12(18(21)22)6-7-13(14)17-15(19)10-4-3-5-11(8-10)16(20)24-2/h3-9H,1-2H3,(H,17,19). The number of carbonyl (C=O) groups is 2. The zero-order valence-electron chi connectivity index (χ0n) is 12.9. The SMILES string of the molecule is COC(=O)c1cccc(C(=O)Nc2ccc([N+](=O)[O-])cc2OC)c1. The predicted octanol–water partition coefficient (Wildman–Crippen LogP) is 2.64. The van der Waals surface area contributed by atoms with Crippen molar-refractivity contribution in [2.24, 2.45) is 0 Å². The molecule has 0 fully saturated rings. The summed E-state index contributed by atoms with van der Waals surface area (Å²) in [6.07, 6.45) is 0. The van der Waals surface area contributed by atoms with Crippen LogP contribution in [0.15, 0.2) is 42.5 Å². The first kappa shape index (κ1) is 16.9. The Labute approximate surface area is 137 Å². The van der Waals surface area contributed by atoms with Crippen LogP contribution in [0, 0.1) is 10.1 Å². The highest BCUT2D eigenvalue weighted by atomic mass is 16.6. The number of hydrogen-bond donors (Lipinski definition) is 1.